The average Bonchev–Trinajstić information content (AvgIpc) is 3.03. The molecule has 0 bridgehead atoms. The molecule has 2 aliphatic heterocycles. The molecule has 0 radical (unpaired) electrons. The summed E-state index contributed by atoms with van der Waals surface area (Å²) in [5.74, 6) is 0.181. The van der Waals surface area contributed by atoms with E-state index >= 15 is 0 Å². The maximum Gasteiger partial charge on any atom is 0.325 e. The number of halogens is 1. The highest BCUT2D eigenvalue weighted by Gasteiger charge is 2.55. The van der Waals surface area contributed by atoms with Gasteiger partial charge in [-0.15, -0.1) is 0 Å². The minimum absolute atomic E-state index is 0.135. The molecule has 2 saturated heterocycles. The van der Waals surface area contributed by atoms with Crippen molar-refractivity contribution in [2.75, 3.05) is 26.2 Å². The van der Waals surface area contributed by atoms with Gasteiger partial charge in [-0.3, -0.25) is 14.6 Å². The fraction of sp³-hybridized carbons (Fsp3) is 0.529. The van der Waals surface area contributed by atoms with Crippen LogP contribution in [0, 0.1) is 5.82 Å². The number of ether oxygens (including phenoxy) is 1. The van der Waals surface area contributed by atoms with Crippen LogP contribution in [0.1, 0.15) is 20.3 Å². The van der Waals surface area contributed by atoms with Gasteiger partial charge in [0.15, 0.2) is 0 Å². The zero-order valence-electron chi connectivity index (χ0n) is 13.9. The lowest BCUT2D eigenvalue weighted by Gasteiger charge is -2.23. The van der Waals surface area contributed by atoms with Crippen molar-refractivity contribution >= 4 is 11.9 Å². The van der Waals surface area contributed by atoms with E-state index in [0.29, 0.717) is 31.9 Å². The number of likely N-dealkylation sites (tertiary alicyclic amines) is 1. The Morgan fingerprint density at radius 2 is 2.00 bits per heavy atom. The number of benzene rings is 1. The summed E-state index contributed by atoms with van der Waals surface area (Å²) in [5.41, 5.74) is -0.794. The van der Waals surface area contributed by atoms with Gasteiger partial charge in [-0.1, -0.05) is 0 Å². The minimum atomic E-state index is -0.794. The number of nitrogens with zero attached hydrogens (tertiary/aromatic N) is 2. The van der Waals surface area contributed by atoms with Gasteiger partial charge in [-0.05, 0) is 44.5 Å². The summed E-state index contributed by atoms with van der Waals surface area (Å²) in [7, 11) is 0. The molecule has 24 heavy (non-hydrogen) atoms. The maximum absolute atomic E-state index is 12.8. The van der Waals surface area contributed by atoms with E-state index in [-0.39, 0.29) is 23.8 Å². The van der Waals surface area contributed by atoms with Crippen LogP contribution in [-0.4, -0.2) is 59.6 Å². The largest absolute Gasteiger partial charge is 0.492 e. The molecule has 1 spiro atoms. The number of amides is 3. The number of nitrogens with one attached hydrogen (secondary N) is 1. The van der Waals surface area contributed by atoms with Gasteiger partial charge in [0.05, 0.1) is 0 Å². The molecule has 1 atom stereocenters. The van der Waals surface area contributed by atoms with Crippen molar-refractivity contribution in [2.24, 2.45) is 0 Å². The molecule has 1 N–H and O–H groups in total. The predicted molar refractivity (Wildman–Crippen MR) is 86.2 cm³/mol. The molecule has 1 aromatic carbocycles. The second kappa shape index (κ2) is 6.39. The fourth-order valence-corrected chi connectivity index (χ4v) is 3.29. The Labute approximate surface area is 140 Å². The van der Waals surface area contributed by atoms with E-state index < -0.39 is 5.54 Å². The van der Waals surface area contributed by atoms with Crippen LogP contribution >= 0.6 is 0 Å². The second-order valence-corrected chi connectivity index (χ2v) is 6.61. The summed E-state index contributed by atoms with van der Waals surface area (Å²) in [5, 5.41) is 2.87. The molecular weight excluding hydrogens is 313 g/mol. The van der Waals surface area contributed by atoms with Crippen LogP contribution in [0.25, 0.3) is 0 Å². The van der Waals surface area contributed by atoms with E-state index in [0.717, 1.165) is 6.54 Å². The van der Waals surface area contributed by atoms with Crippen LogP contribution in [0.4, 0.5) is 9.18 Å². The number of carbonyl (C=O) groups is 2. The third kappa shape index (κ3) is 3.08. The Hall–Kier alpha value is -2.15. The zero-order valence-corrected chi connectivity index (χ0v) is 13.9. The van der Waals surface area contributed by atoms with Gasteiger partial charge < -0.3 is 10.1 Å². The van der Waals surface area contributed by atoms with Crippen LogP contribution in [0.3, 0.4) is 0 Å². The van der Waals surface area contributed by atoms with E-state index in [1.165, 1.54) is 17.0 Å². The van der Waals surface area contributed by atoms with Gasteiger partial charge in [0.2, 0.25) is 0 Å². The Balaban J connectivity index is 1.53. The van der Waals surface area contributed by atoms with E-state index in [4.69, 9.17) is 4.74 Å². The number of imide groups is 1. The van der Waals surface area contributed by atoms with Crippen LogP contribution in [0.15, 0.2) is 24.3 Å². The lowest BCUT2D eigenvalue weighted by atomic mass is 9.99. The van der Waals surface area contributed by atoms with E-state index in [1.807, 2.05) is 13.8 Å². The number of urea groups is 1. The molecule has 0 aliphatic carbocycles. The Morgan fingerprint density at radius 3 is 2.62 bits per heavy atom. The van der Waals surface area contributed by atoms with Crippen molar-refractivity contribution < 1.29 is 18.7 Å². The van der Waals surface area contributed by atoms with E-state index in [9.17, 15) is 14.0 Å². The average molecular weight is 335 g/mol. The Kier molecular flexibility index (Phi) is 4.45. The molecule has 3 rings (SSSR count). The molecular formula is C17H22FN3O3. The molecule has 3 amide bonds. The number of hydrogen-bond donors (Lipinski definition) is 1. The zero-order chi connectivity index (χ0) is 17.3. The minimum Gasteiger partial charge on any atom is -0.492 e. The molecule has 0 aromatic heterocycles. The third-order valence-electron chi connectivity index (χ3n) is 4.55. The van der Waals surface area contributed by atoms with Crippen LogP contribution < -0.4 is 10.1 Å². The first kappa shape index (κ1) is 16.7. The van der Waals surface area contributed by atoms with Gasteiger partial charge in [-0.2, -0.15) is 0 Å². The fourth-order valence-electron chi connectivity index (χ4n) is 3.29. The molecule has 7 heteroatoms. The summed E-state index contributed by atoms with van der Waals surface area (Å²) in [6, 6.07) is 5.43. The highest BCUT2D eigenvalue weighted by molar-refractivity contribution is 6.07. The van der Waals surface area contributed by atoms with Crippen molar-refractivity contribution in [3.8, 4) is 5.75 Å². The van der Waals surface area contributed by atoms with Gasteiger partial charge in [-0.25, -0.2) is 9.18 Å². The van der Waals surface area contributed by atoms with Crippen molar-refractivity contribution in [3.05, 3.63) is 30.1 Å². The summed E-state index contributed by atoms with van der Waals surface area (Å²) in [6.45, 7) is 5.97. The second-order valence-electron chi connectivity index (χ2n) is 6.61. The van der Waals surface area contributed by atoms with Crippen LogP contribution in [-0.2, 0) is 4.79 Å². The lowest BCUT2D eigenvalue weighted by molar-refractivity contribution is -0.132. The number of rotatable bonds is 5. The highest BCUT2D eigenvalue weighted by atomic mass is 19.1. The summed E-state index contributed by atoms with van der Waals surface area (Å²) in [4.78, 5) is 28.1. The SMILES string of the molecule is CC(C)N1C(=O)N[C@]2(CCN(CCOc3ccc(F)cc3)C2)C1=O. The molecule has 6 nitrogen and oxygen atoms in total. The summed E-state index contributed by atoms with van der Waals surface area (Å²) >= 11 is 0. The van der Waals surface area contributed by atoms with Crippen LogP contribution in [0.5, 0.6) is 5.75 Å². The summed E-state index contributed by atoms with van der Waals surface area (Å²) in [6.07, 6.45) is 0.608. The smallest absolute Gasteiger partial charge is 0.325 e. The number of carbonyl (C=O) groups excluding carboxylic acids is 2. The van der Waals surface area contributed by atoms with E-state index in [1.54, 1.807) is 12.1 Å². The molecule has 2 fully saturated rings. The predicted octanol–water partition coefficient (Wildman–Crippen LogP) is 1.61. The van der Waals surface area contributed by atoms with Crippen molar-refractivity contribution in [1.29, 1.82) is 0 Å². The van der Waals surface area contributed by atoms with Gasteiger partial charge >= 0.3 is 6.03 Å². The lowest BCUT2D eigenvalue weighted by Crippen LogP contribution is -2.49. The molecule has 130 valence electrons. The summed E-state index contributed by atoms with van der Waals surface area (Å²) < 4.78 is 18.4. The standard InChI is InChI=1S/C17H22FN3O3/c1-12(2)21-15(22)17(19-16(21)23)7-8-20(11-17)9-10-24-14-5-3-13(18)4-6-14/h3-6,12H,7-11H2,1-2H3,(H,19,23)/t17-/m0/s1. The van der Waals surface area contributed by atoms with E-state index in [2.05, 4.69) is 10.2 Å². The van der Waals surface area contributed by atoms with Gasteiger partial charge in [0, 0.05) is 25.7 Å². The van der Waals surface area contributed by atoms with Crippen molar-refractivity contribution in [3.63, 3.8) is 0 Å². The molecule has 2 heterocycles. The Bertz CT molecular complexity index is 634. The first-order valence-corrected chi connectivity index (χ1v) is 8.18. The van der Waals surface area contributed by atoms with Crippen LogP contribution in [0.2, 0.25) is 0 Å². The van der Waals surface area contributed by atoms with Gasteiger partial charge in [0.1, 0.15) is 23.7 Å². The maximum atomic E-state index is 12.8. The number of hydrogen-bond acceptors (Lipinski definition) is 4. The molecule has 1 aromatic rings. The topological polar surface area (TPSA) is 61.9 Å². The molecule has 2 aliphatic rings. The molecule has 0 saturated carbocycles. The van der Waals surface area contributed by atoms with Crippen molar-refractivity contribution in [1.82, 2.24) is 15.1 Å². The van der Waals surface area contributed by atoms with Crippen molar-refractivity contribution in [2.45, 2.75) is 31.8 Å². The Morgan fingerprint density at radius 1 is 1.29 bits per heavy atom. The normalized spacial score (nSPS) is 24.2. The first-order valence-electron chi connectivity index (χ1n) is 8.18. The third-order valence-corrected chi connectivity index (χ3v) is 4.55. The quantitative estimate of drug-likeness (QED) is 0.831. The molecule has 0 unspecified atom stereocenters. The highest BCUT2D eigenvalue weighted by Crippen LogP contribution is 2.29. The van der Waals surface area contributed by atoms with Gasteiger partial charge in [0.25, 0.3) is 5.91 Å². The first-order chi connectivity index (χ1) is 11.4. The monoisotopic (exact) mass is 335 g/mol.